The minimum absolute atomic E-state index is 0.322. The Balaban J connectivity index is 0.000000201. The Morgan fingerprint density at radius 2 is 0.942 bits per heavy atom. The first-order valence-electron chi connectivity index (χ1n) is 15.5. The second kappa shape index (κ2) is 18.5. The molecule has 0 aliphatic heterocycles. The SMILES string of the molecule is COc1cc(/N=N/c2ccccn2)ccc1NC(=O)c1ccccc1Cl.COc1cc(/N=N\c2ccccn2)ccc1NC(=O)c1ccccc1Cl. The first kappa shape index (κ1) is 36.8. The lowest BCUT2D eigenvalue weighted by Gasteiger charge is -2.11. The number of aromatic nitrogens is 2. The number of hydrogen-bond acceptors (Lipinski definition) is 10. The van der Waals surface area contributed by atoms with Gasteiger partial charge in [0, 0.05) is 24.5 Å². The second-order valence-corrected chi connectivity index (χ2v) is 11.2. The molecule has 6 aromatic rings. The van der Waals surface area contributed by atoms with E-state index in [-0.39, 0.29) is 11.8 Å². The number of rotatable bonds is 10. The van der Waals surface area contributed by atoms with Crippen LogP contribution in [0.25, 0.3) is 0 Å². The minimum Gasteiger partial charge on any atom is -0.494 e. The van der Waals surface area contributed by atoms with Crippen molar-refractivity contribution in [2.75, 3.05) is 24.9 Å². The average Bonchev–Trinajstić information content (AvgIpc) is 3.18. The first-order valence-corrected chi connectivity index (χ1v) is 16.2. The van der Waals surface area contributed by atoms with Crippen LogP contribution in [0.2, 0.25) is 10.0 Å². The Bertz CT molecular complexity index is 2050. The minimum atomic E-state index is -0.322. The third-order valence-electron chi connectivity index (χ3n) is 6.94. The quantitative estimate of drug-likeness (QED) is 0.134. The van der Waals surface area contributed by atoms with Crippen molar-refractivity contribution in [2.24, 2.45) is 20.5 Å². The van der Waals surface area contributed by atoms with Gasteiger partial charge < -0.3 is 20.1 Å². The summed E-state index contributed by atoms with van der Waals surface area (Å²) in [6.45, 7) is 0. The molecule has 260 valence electrons. The van der Waals surface area contributed by atoms with Crippen LogP contribution in [0.5, 0.6) is 11.5 Å². The number of halogens is 2. The van der Waals surface area contributed by atoms with Gasteiger partial charge in [-0.1, -0.05) is 59.6 Å². The van der Waals surface area contributed by atoms with Crippen LogP contribution in [0, 0.1) is 0 Å². The smallest absolute Gasteiger partial charge is 0.257 e. The van der Waals surface area contributed by atoms with Gasteiger partial charge in [-0.3, -0.25) is 9.59 Å². The molecule has 14 heteroatoms. The lowest BCUT2D eigenvalue weighted by Crippen LogP contribution is -2.13. The van der Waals surface area contributed by atoms with Crippen molar-refractivity contribution in [3.63, 3.8) is 0 Å². The summed E-state index contributed by atoms with van der Waals surface area (Å²) in [5, 5.41) is 22.7. The van der Waals surface area contributed by atoms with E-state index >= 15 is 0 Å². The summed E-state index contributed by atoms with van der Waals surface area (Å²) in [5.74, 6) is 1.28. The highest BCUT2D eigenvalue weighted by atomic mass is 35.5. The fourth-order valence-corrected chi connectivity index (χ4v) is 4.85. The molecule has 0 aliphatic rings. The highest BCUT2D eigenvalue weighted by Crippen LogP contribution is 2.32. The number of carbonyl (C=O) groups excluding carboxylic acids is 2. The zero-order valence-electron chi connectivity index (χ0n) is 27.8. The molecular weight excluding hydrogens is 703 g/mol. The van der Waals surface area contributed by atoms with Crippen molar-refractivity contribution in [1.82, 2.24) is 9.97 Å². The van der Waals surface area contributed by atoms with Crippen molar-refractivity contribution in [2.45, 2.75) is 0 Å². The molecule has 0 aliphatic carbocycles. The van der Waals surface area contributed by atoms with E-state index < -0.39 is 0 Å². The van der Waals surface area contributed by atoms with E-state index in [1.54, 1.807) is 122 Å². The molecule has 0 radical (unpaired) electrons. The summed E-state index contributed by atoms with van der Waals surface area (Å²) in [7, 11) is 3.03. The van der Waals surface area contributed by atoms with Gasteiger partial charge in [0.25, 0.3) is 11.8 Å². The molecular formula is C38H30Cl2N8O4. The summed E-state index contributed by atoms with van der Waals surface area (Å²) in [6, 6.07) is 34.6. The fraction of sp³-hybridized carbons (Fsp3) is 0.0526. The molecule has 2 N–H and O–H groups in total. The molecule has 0 atom stereocenters. The molecule has 0 fully saturated rings. The summed E-state index contributed by atoms with van der Waals surface area (Å²) in [4.78, 5) is 32.9. The molecule has 0 saturated carbocycles. The molecule has 6 rings (SSSR count). The van der Waals surface area contributed by atoms with Gasteiger partial charge in [-0.25, -0.2) is 9.97 Å². The zero-order chi connectivity index (χ0) is 36.7. The van der Waals surface area contributed by atoms with E-state index in [1.807, 2.05) is 12.1 Å². The van der Waals surface area contributed by atoms with E-state index in [0.717, 1.165) is 0 Å². The molecule has 12 nitrogen and oxygen atoms in total. The van der Waals surface area contributed by atoms with E-state index in [9.17, 15) is 9.59 Å². The van der Waals surface area contributed by atoms with E-state index in [1.165, 1.54) is 14.2 Å². The number of azo groups is 2. The molecule has 4 aromatic carbocycles. The van der Waals surface area contributed by atoms with Crippen LogP contribution in [-0.2, 0) is 0 Å². The molecule has 0 saturated heterocycles. The predicted molar refractivity (Wildman–Crippen MR) is 202 cm³/mol. The highest BCUT2D eigenvalue weighted by molar-refractivity contribution is 6.35. The van der Waals surface area contributed by atoms with Gasteiger partial charge in [-0.05, 0) is 72.8 Å². The van der Waals surface area contributed by atoms with Gasteiger partial charge in [-0.15, -0.1) is 20.5 Å². The van der Waals surface area contributed by atoms with Crippen LogP contribution in [-0.4, -0.2) is 36.0 Å². The van der Waals surface area contributed by atoms with Crippen molar-refractivity contribution in [1.29, 1.82) is 0 Å². The lowest BCUT2D eigenvalue weighted by molar-refractivity contribution is 0.101. The molecule has 2 heterocycles. The maximum Gasteiger partial charge on any atom is 0.257 e. The zero-order valence-corrected chi connectivity index (χ0v) is 29.3. The number of nitrogens with zero attached hydrogens (tertiary/aromatic N) is 6. The Labute approximate surface area is 309 Å². The molecule has 0 spiro atoms. The maximum atomic E-state index is 12.4. The Kier molecular flexibility index (Phi) is 13.1. The van der Waals surface area contributed by atoms with E-state index in [2.05, 4.69) is 41.1 Å². The predicted octanol–water partition coefficient (Wildman–Crippen LogP) is 10.8. The van der Waals surface area contributed by atoms with Gasteiger partial charge >= 0.3 is 0 Å². The number of amides is 2. The average molecular weight is 734 g/mol. The molecule has 2 amide bonds. The van der Waals surface area contributed by atoms with Crippen LogP contribution >= 0.6 is 23.2 Å². The second-order valence-electron chi connectivity index (χ2n) is 10.4. The Hall–Kier alpha value is -6.50. The number of nitrogens with one attached hydrogen (secondary N) is 2. The van der Waals surface area contributed by atoms with Crippen LogP contribution in [0.4, 0.5) is 34.4 Å². The van der Waals surface area contributed by atoms with Crippen molar-refractivity contribution in [3.8, 4) is 11.5 Å². The number of pyridine rings is 2. The Morgan fingerprint density at radius 1 is 0.538 bits per heavy atom. The van der Waals surface area contributed by atoms with Gasteiger partial charge in [0.2, 0.25) is 0 Å². The third kappa shape index (κ3) is 10.3. The number of anilines is 2. The van der Waals surface area contributed by atoms with E-state index in [0.29, 0.717) is 67.1 Å². The topological polar surface area (TPSA) is 152 Å². The number of benzene rings is 4. The third-order valence-corrected chi connectivity index (χ3v) is 7.60. The number of hydrogen-bond donors (Lipinski definition) is 2. The van der Waals surface area contributed by atoms with Crippen LogP contribution in [0.15, 0.2) is 154 Å². The standard InChI is InChI=1S/2C19H15ClN4O2/c2*1-26-17-12-13(23-24-18-8-4-5-11-21-18)9-10-16(17)22-19(25)14-6-2-3-7-15(14)20/h2*2-12H,1H3,(H,22,25)/b24-23+;24-23-. The van der Waals surface area contributed by atoms with Crippen molar-refractivity contribution in [3.05, 3.63) is 155 Å². The number of methoxy groups -OCH3 is 2. The summed E-state index contributed by atoms with van der Waals surface area (Å²) >= 11 is 12.1. The monoisotopic (exact) mass is 732 g/mol. The number of carbonyl (C=O) groups is 2. The fourth-order valence-electron chi connectivity index (χ4n) is 4.40. The highest BCUT2D eigenvalue weighted by Gasteiger charge is 2.14. The van der Waals surface area contributed by atoms with Crippen LogP contribution in [0.1, 0.15) is 20.7 Å². The molecule has 0 unspecified atom stereocenters. The maximum absolute atomic E-state index is 12.4. The summed E-state index contributed by atoms with van der Waals surface area (Å²) in [6.07, 6.45) is 3.28. The van der Waals surface area contributed by atoms with Gasteiger partial charge in [-0.2, -0.15) is 0 Å². The Morgan fingerprint density at radius 3 is 1.31 bits per heavy atom. The van der Waals surface area contributed by atoms with Crippen molar-refractivity contribution < 1.29 is 19.1 Å². The molecule has 0 bridgehead atoms. The van der Waals surface area contributed by atoms with Gasteiger partial charge in [0.15, 0.2) is 11.6 Å². The van der Waals surface area contributed by atoms with Gasteiger partial charge in [0.05, 0.1) is 58.1 Å². The first-order chi connectivity index (χ1) is 25.3. The molecule has 52 heavy (non-hydrogen) atoms. The van der Waals surface area contributed by atoms with E-state index in [4.69, 9.17) is 32.7 Å². The molecule has 2 aromatic heterocycles. The summed E-state index contributed by atoms with van der Waals surface area (Å²) in [5.41, 5.74) is 2.93. The summed E-state index contributed by atoms with van der Waals surface area (Å²) < 4.78 is 10.7. The largest absolute Gasteiger partial charge is 0.494 e. The van der Waals surface area contributed by atoms with Crippen LogP contribution < -0.4 is 20.1 Å². The van der Waals surface area contributed by atoms with Gasteiger partial charge in [0.1, 0.15) is 11.5 Å². The van der Waals surface area contributed by atoms with Crippen molar-refractivity contribution >= 4 is 69.4 Å². The number of ether oxygens (including phenoxy) is 2. The van der Waals surface area contributed by atoms with Crippen LogP contribution in [0.3, 0.4) is 0 Å². The lowest BCUT2D eigenvalue weighted by atomic mass is 10.2. The normalized spacial score (nSPS) is 10.7.